The summed E-state index contributed by atoms with van der Waals surface area (Å²) in [5.74, 6) is 0. The molecule has 0 atom stereocenters. The highest BCUT2D eigenvalue weighted by molar-refractivity contribution is 7.71. The highest BCUT2D eigenvalue weighted by atomic mass is 32.1. The summed E-state index contributed by atoms with van der Waals surface area (Å²) in [5.41, 5.74) is 0.987. The van der Waals surface area contributed by atoms with E-state index in [0.717, 1.165) is 5.69 Å². The fraction of sp³-hybridized carbons (Fsp3) is 0.125. The number of nitrogens with zero attached hydrogens (tertiary/aromatic N) is 3. The molecule has 66 valence electrons. The van der Waals surface area contributed by atoms with Gasteiger partial charge in [-0.15, -0.1) is 0 Å². The number of tetrazole rings is 1. The number of rotatable bonds is 1. The fourth-order valence-electron chi connectivity index (χ4n) is 1.13. The minimum Gasteiger partial charge on any atom is -0.0945 e. The summed E-state index contributed by atoms with van der Waals surface area (Å²) in [4.78, 5) is 1.58. The van der Waals surface area contributed by atoms with Crippen LogP contribution in [0.4, 0.5) is 0 Å². The summed E-state index contributed by atoms with van der Waals surface area (Å²) in [6.45, 7) is 0. The maximum atomic E-state index is 5.05. The number of H-pyrrole nitrogens is 1. The molecule has 4 nitrogen and oxygen atoms in total. The average molecular weight is 193 g/mol. The van der Waals surface area contributed by atoms with Crippen LogP contribution in [0.2, 0.25) is 0 Å². The third-order valence-electron chi connectivity index (χ3n) is 1.69. The molecule has 1 aromatic carbocycles. The largest absolute Gasteiger partial charge is 0.352 e. The molecule has 0 amide bonds. The van der Waals surface area contributed by atoms with Crippen LogP contribution in [0.3, 0.4) is 0 Å². The molecule has 0 bridgehead atoms. The summed E-state index contributed by atoms with van der Waals surface area (Å²) in [6, 6.07) is 9.81. The van der Waals surface area contributed by atoms with Crippen molar-refractivity contribution in [2.75, 3.05) is 0 Å². The van der Waals surface area contributed by atoms with E-state index in [1.54, 1.807) is 16.5 Å². The van der Waals surface area contributed by atoms with Gasteiger partial charge in [-0.05, 0) is 29.4 Å². The van der Waals surface area contributed by atoms with Crippen molar-refractivity contribution in [1.82, 2.24) is 15.0 Å². The van der Waals surface area contributed by atoms with Crippen LogP contribution in [0.15, 0.2) is 30.3 Å². The molecule has 2 aromatic rings. The quantitative estimate of drug-likeness (QED) is 0.536. The van der Waals surface area contributed by atoms with Gasteiger partial charge in [0.15, 0.2) is 5.69 Å². The van der Waals surface area contributed by atoms with Crippen LogP contribution in [-0.2, 0) is 7.05 Å². The van der Waals surface area contributed by atoms with Crippen LogP contribution >= 0.6 is 12.2 Å². The lowest BCUT2D eigenvalue weighted by atomic mass is 10.3. The molecule has 5 heteroatoms. The summed E-state index contributed by atoms with van der Waals surface area (Å²) in [7, 11) is 1.80. The molecule has 0 fully saturated rings. The van der Waals surface area contributed by atoms with Crippen molar-refractivity contribution in [3.63, 3.8) is 0 Å². The lowest BCUT2D eigenvalue weighted by Gasteiger charge is -1.90. The lowest BCUT2D eigenvalue weighted by Crippen LogP contribution is -2.34. The zero-order valence-corrected chi connectivity index (χ0v) is 7.95. The third-order valence-corrected chi connectivity index (χ3v) is 1.95. The monoisotopic (exact) mass is 193 g/mol. The van der Waals surface area contributed by atoms with Crippen molar-refractivity contribution in [3.8, 4) is 5.69 Å². The standard InChI is InChI=1S/C8H8N4S/c1-11-9-8(13)12(10-11)7-5-3-2-4-6-7/h2-6H,1H3/p+1. The molecule has 1 N–H and O–H groups in total. The molecule has 2 rings (SSSR count). The van der Waals surface area contributed by atoms with E-state index in [4.69, 9.17) is 12.2 Å². The average Bonchev–Trinajstić information content (AvgIpc) is 2.47. The Kier molecular flexibility index (Phi) is 1.94. The van der Waals surface area contributed by atoms with Gasteiger partial charge in [0, 0.05) is 0 Å². The number of hydrogen-bond donors (Lipinski definition) is 1. The van der Waals surface area contributed by atoms with E-state index in [1.165, 1.54) is 0 Å². The van der Waals surface area contributed by atoms with Crippen molar-refractivity contribution in [3.05, 3.63) is 35.1 Å². The number of para-hydroxylation sites is 1. The molecule has 1 aromatic heterocycles. The first-order valence-electron chi connectivity index (χ1n) is 3.88. The Morgan fingerprint density at radius 2 is 2.08 bits per heavy atom. The number of aryl methyl sites for hydroxylation is 1. The second kappa shape index (κ2) is 3.10. The van der Waals surface area contributed by atoms with Crippen molar-refractivity contribution in [1.29, 1.82) is 0 Å². The Bertz CT molecular complexity index is 456. The van der Waals surface area contributed by atoms with Crippen LogP contribution in [0.25, 0.3) is 5.69 Å². The van der Waals surface area contributed by atoms with E-state index < -0.39 is 0 Å². The molecular formula is C8H9N4S+. The molecule has 0 saturated heterocycles. The zero-order chi connectivity index (χ0) is 9.26. The van der Waals surface area contributed by atoms with Gasteiger partial charge in [0.1, 0.15) is 7.05 Å². The van der Waals surface area contributed by atoms with Crippen molar-refractivity contribution in [2.24, 2.45) is 7.05 Å². The minimum absolute atomic E-state index is 0.522. The van der Waals surface area contributed by atoms with Gasteiger partial charge in [-0.1, -0.05) is 32.9 Å². The van der Waals surface area contributed by atoms with E-state index in [-0.39, 0.29) is 0 Å². The molecule has 0 unspecified atom stereocenters. The van der Waals surface area contributed by atoms with Gasteiger partial charge in [-0.2, -0.15) is 0 Å². The summed E-state index contributed by atoms with van der Waals surface area (Å²) >= 11 is 5.05. The molecular weight excluding hydrogens is 184 g/mol. The number of aromatic amines is 1. The first-order valence-corrected chi connectivity index (χ1v) is 4.29. The van der Waals surface area contributed by atoms with Crippen LogP contribution in [0.1, 0.15) is 0 Å². The van der Waals surface area contributed by atoms with E-state index >= 15 is 0 Å². The lowest BCUT2D eigenvalue weighted by molar-refractivity contribution is -0.785. The van der Waals surface area contributed by atoms with E-state index in [2.05, 4.69) is 10.3 Å². The SMILES string of the molecule is C[n+]1nc(=S)n(-c2ccccc2)[nH]1. The maximum Gasteiger partial charge on any atom is 0.352 e. The molecule has 0 radical (unpaired) electrons. The zero-order valence-electron chi connectivity index (χ0n) is 7.14. The van der Waals surface area contributed by atoms with Gasteiger partial charge in [0.2, 0.25) is 0 Å². The molecule has 0 aliphatic carbocycles. The Labute approximate surface area is 80.4 Å². The van der Waals surface area contributed by atoms with E-state index in [1.807, 2.05) is 30.3 Å². The van der Waals surface area contributed by atoms with E-state index in [0.29, 0.717) is 4.77 Å². The van der Waals surface area contributed by atoms with Crippen LogP contribution in [-0.4, -0.2) is 15.0 Å². The van der Waals surface area contributed by atoms with Crippen LogP contribution in [0, 0.1) is 4.77 Å². The highest BCUT2D eigenvalue weighted by Gasteiger charge is 2.07. The molecule has 1 heterocycles. The van der Waals surface area contributed by atoms with Gasteiger partial charge in [0.05, 0.1) is 0 Å². The molecule has 13 heavy (non-hydrogen) atoms. The summed E-state index contributed by atoms with van der Waals surface area (Å²) in [5, 5.41) is 7.00. The fourth-order valence-corrected chi connectivity index (χ4v) is 1.40. The van der Waals surface area contributed by atoms with Gasteiger partial charge in [-0.25, -0.2) is 0 Å². The van der Waals surface area contributed by atoms with Crippen molar-refractivity contribution >= 4 is 12.2 Å². The molecule has 0 spiro atoms. The van der Waals surface area contributed by atoms with Gasteiger partial charge in [0.25, 0.3) is 0 Å². The van der Waals surface area contributed by atoms with E-state index in [9.17, 15) is 0 Å². The smallest absolute Gasteiger partial charge is 0.0945 e. The van der Waals surface area contributed by atoms with Gasteiger partial charge >= 0.3 is 4.77 Å². The number of aromatic nitrogens is 4. The Balaban J connectivity index is 2.59. The Hall–Kier alpha value is -1.49. The number of hydrogen-bond acceptors (Lipinski definition) is 2. The van der Waals surface area contributed by atoms with Crippen LogP contribution < -0.4 is 4.80 Å². The molecule has 0 aliphatic heterocycles. The summed E-state index contributed by atoms with van der Waals surface area (Å²) in [6.07, 6.45) is 0. The third kappa shape index (κ3) is 1.50. The van der Waals surface area contributed by atoms with Crippen LogP contribution in [0.5, 0.6) is 0 Å². The normalized spacial score (nSPS) is 10.2. The molecule has 0 saturated carbocycles. The predicted molar refractivity (Wildman–Crippen MR) is 49.9 cm³/mol. The topological polar surface area (TPSA) is 37.5 Å². The Morgan fingerprint density at radius 3 is 2.62 bits per heavy atom. The van der Waals surface area contributed by atoms with Gasteiger partial charge in [-0.3, -0.25) is 0 Å². The predicted octanol–water partition coefficient (Wildman–Crippen LogP) is 0.754. The minimum atomic E-state index is 0.522. The Morgan fingerprint density at radius 1 is 1.38 bits per heavy atom. The maximum absolute atomic E-state index is 5.05. The first-order chi connectivity index (χ1) is 6.27. The number of benzene rings is 1. The van der Waals surface area contributed by atoms with Crippen molar-refractivity contribution < 1.29 is 4.80 Å². The second-order valence-corrected chi connectivity index (χ2v) is 3.04. The first kappa shape index (κ1) is 8.12. The van der Waals surface area contributed by atoms with Crippen molar-refractivity contribution in [2.45, 2.75) is 0 Å². The summed E-state index contributed by atoms with van der Waals surface area (Å²) < 4.78 is 2.27. The second-order valence-electron chi connectivity index (χ2n) is 2.68. The molecule has 0 aliphatic rings. The highest BCUT2D eigenvalue weighted by Crippen LogP contribution is 2.02. The number of nitrogens with one attached hydrogen (secondary N) is 1. The van der Waals surface area contributed by atoms with Gasteiger partial charge < -0.3 is 0 Å².